The number of pyridine rings is 1. The summed E-state index contributed by atoms with van der Waals surface area (Å²) in [5.74, 6) is 0.622. The van der Waals surface area contributed by atoms with E-state index in [-0.39, 0.29) is 0 Å². The monoisotopic (exact) mass is 218 g/mol. The van der Waals surface area contributed by atoms with Crippen LogP contribution in [0.5, 0.6) is 0 Å². The molecule has 0 amide bonds. The van der Waals surface area contributed by atoms with E-state index < -0.39 is 6.10 Å². The maximum absolute atomic E-state index is 10.1. The number of hydrogen-bond donors (Lipinski definition) is 1. The van der Waals surface area contributed by atoms with Gasteiger partial charge in [0.15, 0.2) is 0 Å². The molecule has 0 aliphatic carbocycles. The summed E-state index contributed by atoms with van der Waals surface area (Å²) in [5.41, 5.74) is 1.93. The van der Waals surface area contributed by atoms with Crippen molar-refractivity contribution in [3.05, 3.63) is 36.2 Å². The van der Waals surface area contributed by atoms with Gasteiger partial charge in [0.1, 0.15) is 0 Å². The molecule has 2 rings (SSSR count). The van der Waals surface area contributed by atoms with Crippen molar-refractivity contribution in [3.8, 4) is 0 Å². The standard InChI is InChI=1S/C13H18N2O/c1-10(2)6-7-13(16)11-9-14-15-8-4-3-5-12(11)15/h3-5,8-10,13,16H,6-7H2,1-2H3. The first-order valence-corrected chi connectivity index (χ1v) is 5.79. The van der Waals surface area contributed by atoms with Gasteiger partial charge in [-0.05, 0) is 30.9 Å². The lowest BCUT2D eigenvalue weighted by Gasteiger charge is -2.10. The lowest BCUT2D eigenvalue weighted by atomic mass is 10.0. The predicted octanol–water partition coefficient (Wildman–Crippen LogP) is 2.80. The molecular formula is C13H18N2O. The summed E-state index contributed by atoms with van der Waals surface area (Å²) in [7, 11) is 0. The Bertz CT molecular complexity index is 462. The SMILES string of the molecule is CC(C)CCC(O)c1cnn2ccccc12. The smallest absolute Gasteiger partial charge is 0.0826 e. The van der Waals surface area contributed by atoms with Crippen LogP contribution in [0.15, 0.2) is 30.6 Å². The van der Waals surface area contributed by atoms with Crippen molar-refractivity contribution >= 4 is 5.52 Å². The second kappa shape index (κ2) is 4.66. The van der Waals surface area contributed by atoms with E-state index in [0.717, 1.165) is 23.9 Å². The predicted molar refractivity (Wildman–Crippen MR) is 64.2 cm³/mol. The molecule has 0 saturated carbocycles. The minimum absolute atomic E-state index is 0.401. The van der Waals surface area contributed by atoms with Gasteiger partial charge >= 0.3 is 0 Å². The number of aliphatic hydroxyl groups is 1. The molecule has 2 aromatic rings. The summed E-state index contributed by atoms with van der Waals surface area (Å²) in [6.45, 7) is 4.34. The second-order valence-corrected chi connectivity index (χ2v) is 4.62. The quantitative estimate of drug-likeness (QED) is 0.856. The molecular weight excluding hydrogens is 200 g/mol. The molecule has 0 aromatic carbocycles. The molecule has 1 atom stereocenters. The van der Waals surface area contributed by atoms with Gasteiger partial charge in [-0.25, -0.2) is 4.52 Å². The van der Waals surface area contributed by atoms with Gasteiger partial charge in [-0.15, -0.1) is 0 Å². The van der Waals surface area contributed by atoms with Crippen molar-refractivity contribution in [2.45, 2.75) is 32.8 Å². The molecule has 0 fully saturated rings. The number of nitrogens with zero attached hydrogens (tertiary/aromatic N) is 2. The van der Waals surface area contributed by atoms with Crippen LogP contribution in [0.2, 0.25) is 0 Å². The van der Waals surface area contributed by atoms with Crippen molar-refractivity contribution in [1.82, 2.24) is 9.61 Å². The van der Waals surface area contributed by atoms with Crippen LogP contribution in [-0.2, 0) is 0 Å². The third kappa shape index (κ3) is 2.25. The fraction of sp³-hybridized carbons (Fsp3) is 0.462. The van der Waals surface area contributed by atoms with Crippen LogP contribution < -0.4 is 0 Å². The van der Waals surface area contributed by atoms with Gasteiger partial charge in [-0.3, -0.25) is 0 Å². The maximum atomic E-state index is 10.1. The number of fused-ring (bicyclic) bond motifs is 1. The van der Waals surface area contributed by atoms with Crippen LogP contribution >= 0.6 is 0 Å². The third-order valence-electron chi connectivity index (χ3n) is 2.83. The van der Waals surface area contributed by atoms with Crippen molar-refractivity contribution in [2.75, 3.05) is 0 Å². The Labute approximate surface area is 95.7 Å². The average molecular weight is 218 g/mol. The highest BCUT2D eigenvalue weighted by Gasteiger charge is 2.13. The van der Waals surface area contributed by atoms with Crippen molar-refractivity contribution < 1.29 is 5.11 Å². The zero-order chi connectivity index (χ0) is 11.5. The van der Waals surface area contributed by atoms with E-state index in [1.165, 1.54) is 0 Å². The van der Waals surface area contributed by atoms with Crippen molar-refractivity contribution in [3.63, 3.8) is 0 Å². The summed E-state index contributed by atoms with van der Waals surface area (Å²) < 4.78 is 1.80. The van der Waals surface area contributed by atoms with Gasteiger partial charge in [-0.2, -0.15) is 5.10 Å². The van der Waals surface area contributed by atoms with E-state index >= 15 is 0 Å². The first-order chi connectivity index (χ1) is 7.68. The number of hydrogen-bond acceptors (Lipinski definition) is 2. The summed E-state index contributed by atoms with van der Waals surface area (Å²) in [6, 6.07) is 5.89. The lowest BCUT2D eigenvalue weighted by Crippen LogP contribution is -1.99. The average Bonchev–Trinajstić information content (AvgIpc) is 2.69. The molecule has 0 bridgehead atoms. The molecule has 2 aromatic heterocycles. The minimum atomic E-state index is -0.401. The molecule has 0 aliphatic rings. The largest absolute Gasteiger partial charge is 0.388 e. The minimum Gasteiger partial charge on any atom is -0.388 e. The van der Waals surface area contributed by atoms with Crippen LogP contribution in [0, 0.1) is 5.92 Å². The zero-order valence-corrected chi connectivity index (χ0v) is 9.80. The van der Waals surface area contributed by atoms with Crippen LogP contribution in [0.1, 0.15) is 38.4 Å². The van der Waals surface area contributed by atoms with E-state index in [0.29, 0.717) is 5.92 Å². The van der Waals surface area contributed by atoms with Crippen molar-refractivity contribution in [1.29, 1.82) is 0 Å². The Balaban J connectivity index is 2.19. The Hall–Kier alpha value is -1.35. The number of aliphatic hydroxyl groups excluding tert-OH is 1. The molecule has 3 heteroatoms. The first-order valence-electron chi connectivity index (χ1n) is 5.79. The molecule has 3 nitrogen and oxygen atoms in total. The van der Waals surface area contributed by atoms with Gasteiger partial charge < -0.3 is 5.11 Å². The van der Waals surface area contributed by atoms with E-state index in [1.807, 2.05) is 24.4 Å². The molecule has 0 aliphatic heterocycles. The number of rotatable bonds is 4. The van der Waals surface area contributed by atoms with Crippen LogP contribution in [0.25, 0.3) is 5.52 Å². The summed E-state index contributed by atoms with van der Waals surface area (Å²) in [6.07, 6.45) is 5.09. The van der Waals surface area contributed by atoms with E-state index in [2.05, 4.69) is 18.9 Å². The summed E-state index contributed by atoms with van der Waals surface area (Å²) in [4.78, 5) is 0. The Morgan fingerprint density at radius 3 is 2.88 bits per heavy atom. The maximum Gasteiger partial charge on any atom is 0.0826 e. The van der Waals surface area contributed by atoms with Crippen LogP contribution in [0.3, 0.4) is 0 Å². The molecule has 0 spiro atoms. The molecule has 16 heavy (non-hydrogen) atoms. The van der Waals surface area contributed by atoms with Crippen LogP contribution in [-0.4, -0.2) is 14.7 Å². The highest BCUT2D eigenvalue weighted by atomic mass is 16.3. The highest BCUT2D eigenvalue weighted by molar-refractivity contribution is 5.54. The molecule has 2 heterocycles. The molecule has 1 unspecified atom stereocenters. The zero-order valence-electron chi connectivity index (χ0n) is 9.80. The molecule has 0 saturated heterocycles. The summed E-state index contributed by atoms with van der Waals surface area (Å²) >= 11 is 0. The topological polar surface area (TPSA) is 37.5 Å². The third-order valence-corrected chi connectivity index (χ3v) is 2.83. The Morgan fingerprint density at radius 1 is 1.31 bits per heavy atom. The molecule has 0 radical (unpaired) electrons. The Morgan fingerprint density at radius 2 is 2.12 bits per heavy atom. The second-order valence-electron chi connectivity index (χ2n) is 4.62. The van der Waals surface area contributed by atoms with Gasteiger partial charge in [0.25, 0.3) is 0 Å². The van der Waals surface area contributed by atoms with Crippen molar-refractivity contribution in [2.24, 2.45) is 5.92 Å². The van der Waals surface area contributed by atoms with E-state index in [1.54, 1.807) is 10.7 Å². The highest BCUT2D eigenvalue weighted by Crippen LogP contribution is 2.24. The lowest BCUT2D eigenvalue weighted by molar-refractivity contribution is 0.160. The van der Waals surface area contributed by atoms with E-state index in [4.69, 9.17) is 0 Å². The fourth-order valence-corrected chi connectivity index (χ4v) is 1.86. The first kappa shape index (κ1) is 11.1. The molecule has 86 valence electrons. The van der Waals surface area contributed by atoms with Gasteiger partial charge in [0, 0.05) is 11.8 Å². The van der Waals surface area contributed by atoms with E-state index in [9.17, 15) is 5.11 Å². The van der Waals surface area contributed by atoms with Gasteiger partial charge in [0.05, 0.1) is 17.8 Å². The molecule has 1 N–H and O–H groups in total. The summed E-state index contributed by atoms with van der Waals surface area (Å²) in [5, 5.41) is 14.3. The normalized spacial score (nSPS) is 13.5. The van der Waals surface area contributed by atoms with Gasteiger partial charge in [0.2, 0.25) is 0 Å². The Kier molecular flexibility index (Phi) is 3.25. The van der Waals surface area contributed by atoms with Crippen LogP contribution in [0.4, 0.5) is 0 Å². The fourth-order valence-electron chi connectivity index (χ4n) is 1.86. The van der Waals surface area contributed by atoms with Gasteiger partial charge in [-0.1, -0.05) is 19.9 Å². The number of aromatic nitrogens is 2.